The van der Waals surface area contributed by atoms with E-state index in [9.17, 15) is 23.3 Å². The van der Waals surface area contributed by atoms with Gasteiger partial charge in [0.15, 0.2) is 11.9 Å². The Labute approximate surface area is 150 Å². The van der Waals surface area contributed by atoms with Crippen LogP contribution >= 0.6 is 0 Å². The van der Waals surface area contributed by atoms with Gasteiger partial charge in [-0.2, -0.15) is 8.42 Å². The summed E-state index contributed by atoms with van der Waals surface area (Å²) in [6.45, 7) is 2.92. The first kappa shape index (κ1) is 20.1. The number of nitrogens with zero attached hydrogens (tertiary/aromatic N) is 2. The Morgan fingerprint density at radius 3 is 2.62 bits per heavy atom. The van der Waals surface area contributed by atoms with Crippen LogP contribution in [0, 0.1) is 10.1 Å². The van der Waals surface area contributed by atoms with Crippen molar-refractivity contribution in [1.29, 1.82) is 0 Å². The molecule has 11 heteroatoms. The number of nitro benzene ring substituents is 1. The minimum Gasteiger partial charge on any atom is -0.474 e. The van der Waals surface area contributed by atoms with E-state index >= 15 is 0 Å². The second kappa shape index (κ2) is 8.43. The molecule has 0 radical (unpaired) electrons. The molecule has 26 heavy (non-hydrogen) atoms. The van der Waals surface area contributed by atoms with Gasteiger partial charge in [0.2, 0.25) is 0 Å². The van der Waals surface area contributed by atoms with E-state index in [4.69, 9.17) is 9.47 Å². The van der Waals surface area contributed by atoms with Gasteiger partial charge in [-0.25, -0.2) is 0 Å². The van der Waals surface area contributed by atoms with Crippen LogP contribution in [-0.4, -0.2) is 62.8 Å². The van der Waals surface area contributed by atoms with E-state index in [1.165, 1.54) is 25.1 Å². The summed E-state index contributed by atoms with van der Waals surface area (Å²) in [4.78, 5) is 24.5. The molecule has 0 bridgehead atoms. The minimum atomic E-state index is -3.66. The topological polar surface area (TPSA) is 125 Å². The lowest BCUT2D eigenvalue weighted by atomic mass is 10.2. The van der Waals surface area contributed by atoms with Gasteiger partial charge in [-0.1, -0.05) is 0 Å². The monoisotopic (exact) mass is 388 g/mol. The molecule has 1 heterocycles. The van der Waals surface area contributed by atoms with Crippen molar-refractivity contribution in [2.24, 2.45) is 0 Å². The van der Waals surface area contributed by atoms with Crippen LogP contribution in [0.3, 0.4) is 0 Å². The number of carbonyl (C=O) groups excluding carboxylic acids is 1. The molecule has 1 saturated heterocycles. The molecule has 0 saturated carbocycles. The van der Waals surface area contributed by atoms with Crippen molar-refractivity contribution in [1.82, 2.24) is 4.90 Å². The van der Waals surface area contributed by atoms with Crippen molar-refractivity contribution in [3.63, 3.8) is 0 Å². The maximum absolute atomic E-state index is 12.4. The Morgan fingerprint density at radius 1 is 1.38 bits per heavy atom. The number of ether oxygens (including phenoxy) is 2. The van der Waals surface area contributed by atoms with E-state index in [1.807, 2.05) is 0 Å². The third-order valence-corrected chi connectivity index (χ3v) is 4.18. The third kappa shape index (κ3) is 5.64. The quantitative estimate of drug-likeness (QED) is 0.380. The van der Waals surface area contributed by atoms with Gasteiger partial charge in [0.1, 0.15) is 0 Å². The molecule has 1 atom stereocenters. The van der Waals surface area contributed by atoms with Gasteiger partial charge < -0.3 is 14.4 Å². The SMILES string of the molecule is C[C@H](Oc1cc(COS(C)(=O)=O)ccc1[N+](=O)[O-])C(=O)N1CCOCC1. The Balaban J connectivity index is 2.16. The standard InChI is InChI=1S/C15H20N2O8S/c1-11(15(18)16-5-7-23-8-6-16)25-14-9-12(10-24-26(2,21)22)3-4-13(14)17(19)20/h3-4,9,11H,5-8,10H2,1-2H3/t11-/m0/s1. The third-order valence-electron chi connectivity index (χ3n) is 3.63. The number of rotatable bonds is 7. The fourth-order valence-electron chi connectivity index (χ4n) is 2.35. The molecule has 0 unspecified atom stereocenters. The normalized spacial score (nSPS) is 16.2. The molecular weight excluding hydrogens is 368 g/mol. The first-order valence-electron chi connectivity index (χ1n) is 7.82. The molecule has 0 spiro atoms. The summed E-state index contributed by atoms with van der Waals surface area (Å²) in [6, 6.07) is 3.85. The predicted octanol–water partition coefficient (Wildman–Crippen LogP) is 0.697. The Kier molecular flexibility index (Phi) is 6.51. The number of carbonyl (C=O) groups is 1. The summed E-state index contributed by atoms with van der Waals surface area (Å²) in [5, 5.41) is 11.2. The number of hydrogen-bond acceptors (Lipinski definition) is 8. The van der Waals surface area contributed by atoms with Crippen LogP contribution in [0.4, 0.5) is 5.69 Å². The van der Waals surface area contributed by atoms with Crippen molar-refractivity contribution in [3.8, 4) is 5.75 Å². The highest BCUT2D eigenvalue weighted by Gasteiger charge is 2.26. The predicted molar refractivity (Wildman–Crippen MR) is 90.2 cm³/mol. The van der Waals surface area contributed by atoms with Crippen LogP contribution in [0.2, 0.25) is 0 Å². The zero-order chi connectivity index (χ0) is 19.3. The average Bonchev–Trinajstić information content (AvgIpc) is 2.59. The summed E-state index contributed by atoms with van der Waals surface area (Å²) in [5.74, 6) is -0.431. The van der Waals surface area contributed by atoms with Crippen LogP contribution in [0.1, 0.15) is 12.5 Å². The van der Waals surface area contributed by atoms with Gasteiger partial charge in [-0.15, -0.1) is 0 Å². The molecule has 1 aromatic rings. The molecule has 0 N–H and O–H groups in total. The largest absolute Gasteiger partial charge is 0.474 e. The van der Waals surface area contributed by atoms with Gasteiger partial charge in [0.25, 0.3) is 16.0 Å². The number of hydrogen-bond donors (Lipinski definition) is 0. The molecule has 1 aliphatic rings. The van der Waals surface area contributed by atoms with Gasteiger partial charge >= 0.3 is 5.69 Å². The van der Waals surface area contributed by atoms with Crippen molar-refractivity contribution in [2.75, 3.05) is 32.6 Å². The molecule has 10 nitrogen and oxygen atoms in total. The van der Waals surface area contributed by atoms with Crippen LogP contribution in [-0.2, 0) is 30.4 Å². The average molecular weight is 388 g/mol. The number of amides is 1. The van der Waals surface area contributed by atoms with Crippen molar-refractivity contribution in [3.05, 3.63) is 33.9 Å². The first-order valence-corrected chi connectivity index (χ1v) is 9.64. The number of morpholine rings is 1. The van der Waals surface area contributed by atoms with Crippen LogP contribution in [0.25, 0.3) is 0 Å². The Bertz CT molecular complexity index is 774. The van der Waals surface area contributed by atoms with E-state index in [0.717, 1.165) is 6.26 Å². The van der Waals surface area contributed by atoms with Crippen LogP contribution in [0.15, 0.2) is 18.2 Å². The van der Waals surface area contributed by atoms with Crippen LogP contribution < -0.4 is 4.74 Å². The van der Waals surface area contributed by atoms with Gasteiger partial charge in [-0.05, 0) is 24.6 Å². The molecule has 1 amide bonds. The summed E-state index contributed by atoms with van der Waals surface area (Å²) in [7, 11) is -3.66. The second-order valence-corrected chi connectivity index (χ2v) is 7.37. The maximum Gasteiger partial charge on any atom is 0.310 e. The van der Waals surface area contributed by atoms with E-state index in [1.54, 1.807) is 4.90 Å². The Hall–Kier alpha value is -2.24. The molecule has 1 aromatic carbocycles. The molecule has 0 aromatic heterocycles. The fourth-order valence-corrected chi connectivity index (χ4v) is 2.70. The molecular formula is C15H20N2O8S. The van der Waals surface area contributed by atoms with E-state index in [0.29, 0.717) is 31.9 Å². The van der Waals surface area contributed by atoms with E-state index < -0.39 is 21.1 Å². The zero-order valence-corrected chi connectivity index (χ0v) is 15.2. The fraction of sp³-hybridized carbons (Fsp3) is 0.533. The highest BCUT2D eigenvalue weighted by molar-refractivity contribution is 7.85. The molecule has 0 aliphatic carbocycles. The maximum atomic E-state index is 12.4. The zero-order valence-electron chi connectivity index (χ0n) is 14.4. The minimum absolute atomic E-state index is 0.126. The summed E-state index contributed by atoms with van der Waals surface area (Å²) in [5.41, 5.74) is 0.0387. The lowest BCUT2D eigenvalue weighted by Gasteiger charge is -2.29. The number of nitro groups is 1. The molecule has 2 rings (SSSR count). The van der Waals surface area contributed by atoms with E-state index in [2.05, 4.69) is 4.18 Å². The number of benzene rings is 1. The highest BCUT2D eigenvalue weighted by atomic mass is 32.2. The van der Waals surface area contributed by atoms with Crippen molar-refractivity contribution < 1.29 is 31.8 Å². The molecule has 1 aliphatic heterocycles. The summed E-state index contributed by atoms with van der Waals surface area (Å²) < 4.78 is 37.5. The van der Waals surface area contributed by atoms with E-state index in [-0.39, 0.29) is 24.0 Å². The van der Waals surface area contributed by atoms with Crippen molar-refractivity contribution in [2.45, 2.75) is 19.6 Å². The lowest BCUT2D eigenvalue weighted by Crippen LogP contribution is -2.46. The van der Waals surface area contributed by atoms with Crippen molar-refractivity contribution >= 4 is 21.7 Å². The van der Waals surface area contributed by atoms with Gasteiger partial charge in [-0.3, -0.25) is 19.1 Å². The first-order chi connectivity index (χ1) is 12.2. The molecule has 144 valence electrons. The molecule has 1 fully saturated rings. The second-order valence-electron chi connectivity index (χ2n) is 5.72. The summed E-state index contributed by atoms with van der Waals surface area (Å²) >= 11 is 0. The Morgan fingerprint density at radius 2 is 2.04 bits per heavy atom. The van der Waals surface area contributed by atoms with Gasteiger partial charge in [0.05, 0.1) is 31.0 Å². The van der Waals surface area contributed by atoms with Gasteiger partial charge in [0, 0.05) is 19.2 Å². The summed E-state index contributed by atoms with van der Waals surface area (Å²) in [6.07, 6.45) is -0.0447. The lowest BCUT2D eigenvalue weighted by molar-refractivity contribution is -0.386. The van der Waals surface area contributed by atoms with Crippen LogP contribution in [0.5, 0.6) is 5.75 Å². The highest BCUT2D eigenvalue weighted by Crippen LogP contribution is 2.29. The smallest absolute Gasteiger partial charge is 0.310 e.